The van der Waals surface area contributed by atoms with Gasteiger partial charge in [-0.3, -0.25) is 4.79 Å². The van der Waals surface area contributed by atoms with Crippen LogP contribution in [-0.4, -0.2) is 38.4 Å². The molecule has 0 fully saturated rings. The van der Waals surface area contributed by atoms with Crippen LogP contribution in [-0.2, 0) is 14.3 Å². The van der Waals surface area contributed by atoms with Crippen molar-refractivity contribution in [2.24, 2.45) is 0 Å². The quantitative estimate of drug-likeness (QED) is 0.468. The van der Waals surface area contributed by atoms with E-state index in [0.29, 0.717) is 25.7 Å². The van der Waals surface area contributed by atoms with Crippen molar-refractivity contribution in [1.29, 1.82) is 0 Å². The van der Waals surface area contributed by atoms with Crippen LogP contribution in [0.15, 0.2) is 0 Å². The van der Waals surface area contributed by atoms with E-state index in [-0.39, 0.29) is 5.97 Å². The van der Waals surface area contributed by atoms with E-state index >= 15 is 0 Å². The van der Waals surface area contributed by atoms with Gasteiger partial charge < -0.3 is 14.8 Å². The molecular formula is C11H23NO3. The zero-order valence-electron chi connectivity index (χ0n) is 10.0. The molecule has 0 bridgehead atoms. The Morgan fingerprint density at radius 2 is 2.07 bits per heavy atom. The predicted molar refractivity (Wildman–Crippen MR) is 59.8 cm³/mol. The molecule has 0 aromatic heterocycles. The van der Waals surface area contributed by atoms with Gasteiger partial charge in [0.1, 0.15) is 0 Å². The Hall–Kier alpha value is -0.610. The van der Waals surface area contributed by atoms with Gasteiger partial charge in [-0.25, -0.2) is 0 Å². The highest BCUT2D eigenvalue weighted by atomic mass is 16.5. The van der Waals surface area contributed by atoms with Crippen LogP contribution in [0.1, 0.15) is 33.6 Å². The molecule has 4 nitrogen and oxygen atoms in total. The van der Waals surface area contributed by atoms with Gasteiger partial charge in [0.2, 0.25) is 0 Å². The number of carbonyl (C=O) groups excluding carboxylic acids is 1. The van der Waals surface area contributed by atoms with Crippen LogP contribution in [0.3, 0.4) is 0 Å². The normalized spacial score (nSPS) is 10.7. The molecule has 0 saturated heterocycles. The number of hydrogen-bond donors (Lipinski definition) is 1. The topological polar surface area (TPSA) is 47.6 Å². The molecule has 0 spiro atoms. The summed E-state index contributed by atoms with van der Waals surface area (Å²) in [6, 6.07) is 0. The Balaban J connectivity index is 3.08. The minimum absolute atomic E-state index is 0.136. The van der Waals surface area contributed by atoms with Crippen LogP contribution in [0.25, 0.3) is 0 Å². The largest absolute Gasteiger partial charge is 0.466 e. The van der Waals surface area contributed by atoms with Crippen LogP contribution < -0.4 is 5.32 Å². The van der Waals surface area contributed by atoms with E-state index in [1.807, 2.05) is 20.8 Å². The Bertz CT molecular complexity index is 160. The maximum absolute atomic E-state index is 10.9. The molecule has 0 heterocycles. The van der Waals surface area contributed by atoms with Crippen molar-refractivity contribution in [3.05, 3.63) is 0 Å². The van der Waals surface area contributed by atoms with Crippen molar-refractivity contribution in [1.82, 2.24) is 5.32 Å². The highest BCUT2D eigenvalue weighted by Crippen LogP contribution is 1.89. The van der Waals surface area contributed by atoms with E-state index in [2.05, 4.69) is 5.32 Å². The molecule has 90 valence electrons. The average molecular weight is 217 g/mol. The standard InChI is InChI=1S/C11H23NO3/c1-4-14-11(13)6-8-12-7-5-9-15-10(2)3/h10,12H,4-9H2,1-3H3. The van der Waals surface area contributed by atoms with Crippen LogP contribution in [0, 0.1) is 0 Å². The Morgan fingerprint density at radius 1 is 1.33 bits per heavy atom. The smallest absolute Gasteiger partial charge is 0.307 e. The minimum Gasteiger partial charge on any atom is -0.466 e. The molecule has 0 aliphatic carbocycles. The number of hydrogen-bond acceptors (Lipinski definition) is 4. The molecule has 0 aliphatic heterocycles. The lowest BCUT2D eigenvalue weighted by atomic mass is 10.4. The summed E-state index contributed by atoms with van der Waals surface area (Å²) in [7, 11) is 0. The lowest BCUT2D eigenvalue weighted by Crippen LogP contribution is -2.21. The van der Waals surface area contributed by atoms with Gasteiger partial charge in [-0.2, -0.15) is 0 Å². The van der Waals surface area contributed by atoms with Gasteiger partial charge in [-0.1, -0.05) is 0 Å². The summed E-state index contributed by atoms with van der Waals surface area (Å²) in [6.07, 6.45) is 1.71. The maximum atomic E-state index is 10.9. The summed E-state index contributed by atoms with van der Waals surface area (Å²) >= 11 is 0. The molecule has 0 unspecified atom stereocenters. The fourth-order valence-corrected chi connectivity index (χ4v) is 1.06. The van der Waals surface area contributed by atoms with Gasteiger partial charge in [0.05, 0.1) is 19.1 Å². The first kappa shape index (κ1) is 14.4. The third-order valence-electron chi connectivity index (χ3n) is 1.76. The van der Waals surface area contributed by atoms with E-state index in [9.17, 15) is 4.79 Å². The van der Waals surface area contributed by atoms with Gasteiger partial charge in [-0.15, -0.1) is 0 Å². The zero-order chi connectivity index (χ0) is 11.5. The van der Waals surface area contributed by atoms with E-state index in [1.54, 1.807) is 0 Å². The minimum atomic E-state index is -0.136. The molecule has 0 aromatic carbocycles. The van der Waals surface area contributed by atoms with Crippen LogP contribution in [0.5, 0.6) is 0 Å². The Kier molecular flexibility index (Phi) is 9.52. The Morgan fingerprint density at radius 3 is 2.67 bits per heavy atom. The first-order valence-electron chi connectivity index (χ1n) is 5.64. The molecule has 0 aliphatic rings. The van der Waals surface area contributed by atoms with Crippen LogP contribution in [0.4, 0.5) is 0 Å². The predicted octanol–water partition coefficient (Wildman–Crippen LogP) is 1.34. The monoisotopic (exact) mass is 217 g/mol. The van der Waals surface area contributed by atoms with Gasteiger partial charge in [0, 0.05) is 13.2 Å². The maximum Gasteiger partial charge on any atom is 0.307 e. The van der Waals surface area contributed by atoms with Crippen LogP contribution in [0.2, 0.25) is 0 Å². The third-order valence-corrected chi connectivity index (χ3v) is 1.76. The highest BCUT2D eigenvalue weighted by molar-refractivity contribution is 5.69. The lowest BCUT2D eigenvalue weighted by Gasteiger charge is -2.07. The van der Waals surface area contributed by atoms with Crippen molar-refractivity contribution >= 4 is 5.97 Å². The van der Waals surface area contributed by atoms with E-state index in [1.165, 1.54) is 0 Å². The van der Waals surface area contributed by atoms with Crippen molar-refractivity contribution in [2.75, 3.05) is 26.3 Å². The zero-order valence-corrected chi connectivity index (χ0v) is 10.0. The van der Waals surface area contributed by atoms with Gasteiger partial charge in [-0.05, 0) is 33.7 Å². The lowest BCUT2D eigenvalue weighted by molar-refractivity contribution is -0.142. The highest BCUT2D eigenvalue weighted by Gasteiger charge is 1.99. The number of carbonyl (C=O) groups is 1. The van der Waals surface area contributed by atoms with Crippen molar-refractivity contribution in [3.63, 3.8) is 0 Å². The third kappa shape index (κ3) is 11.3. The summed E-state index contributed by atoms with van der Waals surface area (Å²) in [5, 5.41) is 3.17. The fourth-order valence-electron chi connectivity index (χ4n) is 1.06. The van der Waals surface area contributed by atoms with E-state index < -0.39 is 0 Å². The number of ether oxygens (including phenoxy) is 2. The fraction of sp³-hybridized carbons (Fsp3) is 0.909. The molecular weight excluding hydrogens is 194 g/mol. The number of nitrogens with one attached hydrogen (secondary N) is 1. The van der Waals surface area contributed by atoms with E-state index in [4.69, 9.17) is 9.47 Å². The second kappa shape index (κ2) is 9.93. The number of rotatable bonds is 9. The molecule has 0 amide bonds. The van der Waals surface area contributed by atoms with Gasteiger partial charge in [0.15, 0.2) is 0 Å². The first-order chi connectivity index (χ1) is 7.16. The first-order valence-corrected chi connectivity index (χ1v) is 5.64. The molecule has 0 rings (SSSR count). The van der Waals surface area contributed by atoms with Crippen molar-refractivity contribution in [2.45, 2.75) is 39.7 Å². The summed E-state index contributed by atoms with van der Waals surface area (Å²) in [5.41, 5.74) is 0. The molecule has 0 radical (unpaired) electrons. The summed E-state index contributed by atoms with van der Waals surface area (Å²) in [5.74, 6) is -0.136. The van der Waals surface area contributed by atoms with Gasteiger partial charge >= 0.3 is 5.97 Å². The molecule has 0 saturated carbocycles. The SMILES string of the molecule is CCOC(=O)CCNCCCOC(C)C. The van der Waals surface area contributed by atoms with Gasteiger partial charge in [0.25, 0.3) is 0 Å². The number of esters is 1. The molecule has 15 heavy (non-hydrogen) atoms. The van der Waals surface area contributed by atoms with Crippen LogP contribution >= 0.6 is 0 Å². The Labute approximate surface area is 92.3 Å². The second-order valence-electron chi connectivity index (χ2n) is 3.58. The van der Waals surface area contributed by atoms with Crippen molar-refractivity contribution < 1.29 is 14.3 Å². The summed E-state index contributed by atoms with van der Waals surface area (Å²) in [4.78, 5) is 10.9. The summed E-state index contributed by atoms with van der Waals surface area (Å²) < 4.78 is 10.2. The molecule has 4 heteroatoms. The summed E-state index contributed by atoms with van der Waals surface area (Å²) in [6.45, 7) is 8.65. The average Bonchev–Trinajstić information content (AvgIpc) is 2.16. The molecule has 0 aromatic rings. The second-order valence-corrected chi connectivity index (χ2v) is 3.58. The van der Waals surface area contributed by atoms with Crippen molar-refractivity contribution in [3.8, 4) is 0 Å². The van der Waals surface area contributed by atoms with E-state index in [0.717, 1.165) is 19.6 Å². The molecule has 0 atom stereocenters. The molecule has 1 N–H and O–H groups in total.